The van der Waals surface area contributed by atoms with Gasteiger partial charge in [-0.2, -0.15) is 0 Å². The lowest BCUT2D eigenvalue weighted by atomic mass is 9.91. The van der Waals surface area contributed by atoms with Gasteiger partial charge < -0.3 is 19.7 Å². The van der Waals surface area contributed by atoms with Crippen molar-refractivity contribution in [1.82, 2.24) is 15.1 Å². The van der Waals surface area contributed by atoms with Gasteiger partial charge in [-0.15, -0.1) is 0 Å². The van der Waals surface area contributed by atoms with Crippen molar-refractivity contribution in [2.24, 2.45) is 5.92 Å². The van der Waals surface area contributed by atoms with Crippen LogP contribution in [-0.2, 0) is 20.9 Å². The molecule has 8 nitrogen and oxygen atoms in total. The highest BCUT2D eigenvalue weighted by molar-refractivity contribution is 5.83. The van der Waals surface area contributed by atoms with Crippen LogP contribution in [0.4, 0.5) is 9.59 Å². The Morgan fingerprint density at radius 3 is 2.50 bits per heavy atom. The molecule has 8 heteroatoms. The van der Waals surface area contributed by atoms with Crippen LogP contribution in [0.5, 0.6) is 0 Å². The molecule has 30 heavy (non-hydrogen) atoms. The summed E-state index contributed by atoms with van der Waals surface area (Å²) in [5, 5.41) is 2.63. The molecule has 1 N–H and O–H groups in total. The summed E-state index contributed by atoms with van der Waals surface area (Å²) in [6.45, 7) is 6.48. The van der Waals surface area contributed by atoms with Gasteiger partial charge in [0.1, 0.15) is 18.2 Å². The zero-order valence-electron chi connectivity index (χ0n) is 18.1. The monoisotopic (exact) mass is 417 g/mol. The molecule has 2 fully saturated rings. The first-order valence-electron chi connectivity index (χ1n) is 10.4. The van der Waals surface area contributed by atoms with E-state index in [4.69, 9.17) is 9.47 Å². The maximum atomic E-state index is 13.0. The molecule has 1 aromatic carbocycles. The Bertz CT molecular complexity index is 777. The first kappa shape index (κ1) is 21.9. The maximum absolute atomic E-state index is 13.0. The van der Waals surface area contributed by atoms with Gasteiger partial charge in [0.15, 0.2) is 0 Å². The van der Waals surface area contributed by atoms with E-state index in [-0.39, 0.29) is 24.6 Å². The third-order valence-electron chi connectivity index (χ3n) is 5.54. The number of carbonyl (C=O) groups excluding carboxylic acids is 3. The van der Waals surface area contributed by atoms with Crippen LogP contribution < -0.4 is 5.32 Å². The summed E-state index contributed by atoms with van der Waals surface area (Å²) in [4.78, 5) is 41.3. The van der Waals surface area contributed by atoms with Crippen LogP contribution in [0.1, 0.15) is 39.2 Å². The minimum atomic E-state index is -0.719. The number of esters is 1. The topological polar surface area (TPSA) is 88.2 Å². The molecule has 0 saturated carbocycles. The molecule has 3 amide bonds. The van der Waals surface area contributed by atoms with Crippen molar-refractivity contribution in [3.63, 3.8) is 0 Å². The van der Waals surface area contributed by atoms with Gasteiger partial charge in [-0.3, -0.25) is 4.90 Å². The van der Waals surface area contributed by atoms with Crippen LogP contribution in [-0.4, -0.2) is 65.7 Å². The fourth-order valence-corrected chi connectivity index (χ4v) is 4.16. The van der Waals surface area contributed by atoms with E-state index in [9.17, 15) is 14.4 Å². The Morgan fingerprint density at radius 2 is 1.87 bits per heavy atom. The van der Waals surface area contributed by atoms with Crippen LogP contribution in [0.2, 0.25) is 0 Å². The zero-order valence-corrected chi connectivity index (χ0v) is 18.1. The highest BCUT2D eigenvalue weighted by atomic mass is 16.6. The number of likely N-dealkylation sites (tertiary alicyclic amines) is 2. The van der Waals surface area contributed by atoms with Crippen LogP contribution in [0.25, 0.3) is 0 Å². The fraction of sp³-hybridized carbons (Fsp3) is 0.591. The number of amides is 3. The molecule has 3 atom stereocenters. The third-order valence-corrected chi connectivity index (χ3v) is 5.54. The van der Waals surface area contributed by atoms with Gasteiger partial charge in [-0.25, -0.2) is 14.4 Å². The summed E-state index contributed by atoms with van der Waals surface area (Å²) < 4.78 is 11.1. The number of carbonyl (C=O) groups is 3. The van der Waals surface area contributed by atoms with Crippen LogP contribution in [0.3, 0.4) is 0 Å². The quantitative estimate of drug-likeness (QED) is 0.764. The second-order valence-corrected chi connectivity index (χ2v) is 8.85. The number of hydrogen-bond donors (Lipinski definition) is 1. The lowest BCUT2D eigenvalue weighted by molar-refractivity contribution is -0.150. The molecule has 3 unspecified atom stereocenters. The summed E-state index contributed by atoms with van der Waals surface area (Å²) in [5.74, 6) is -0.321. The first-order valence-corrected chi connectivity index (χ1v) is 10.4. The number of piperidine rings is 1. The maximum Gasteiger partial charge on any atom is 0.411 e. The molecule has 0 bridgehead atoms. The van der Waals surface area contributed by atoms with Gasteiger partial charge in [-0.1, -0.05) is 30.3 Å². The van der Waals surface area contributed by atoms with E-state index in [2.05, 4.69) is 5.32 Å². The Morgan fingerprint density at radius 1 is 1.17 bits per heavy atom. The van der Waals surface area contributed by atoms with Crippen LogP contribution in [0, 0.1) is 5.92 Å². The lowest BCUT2D eigenvalue weighted by Gasteiger charge is -2.39. The lowest BCUT2D eigenvalue weighted by Crippen LogP contribution is -2.56. The summed E-state index contributed by atoms with van der Waals surface area (Å²) in [5.41, 5.74) is 0.193. The van der Waals surface area contributed by atoms with Crippen LogP contribution >= 0.6 is 0 Å². The molecule has 3 rings (SSSR count). The Balaban J connectivity index is 1.77. The van der Waals surface area contributed by atoms with Crippen molar-refractivity contribution in [2.75, 3.05) is 20.1 Å². The number of hydrogen-bond acceptors (Lipinski definition) is 5. The van der Waals surface area contributed by atoms with Crippen molar-refractivity contribution in [3.05, 3.63) is 35.9 Å². The van der Waals surface area contributed by atoms with Crippen molar-refractivity contribution in [1.29, 1.82) is 0 Å². The Hall–Kier alpha value is -2.77. The minimum Gasteiger partial charge on any atom is -0.459 e. The Labute approximate surface area is 177 Å². The SMILES string of the molecule is CNC(=O)N1CCC2CC(C(=O)OCc3ccccc3)N(C(=O)OC(C)(C)C)C2C1. The summed E-state index contributed by atoms with van der Waals surface area (Å²) in [6.07, 6.45) is 0.689. The van der Waals surface area contributed by atoms with Crippen LogP contribution in [0.15, 0.2) is 30.3 Å². The first-order chi connectivity index (χ1) is 14.2. The molecule has 2 aliphatic heterocycles. The smallest absolute Gasteiger partial charge is 0.411 e. The molecular weight excluding hydrogens is 386 g/mol. The van der Waals surface area contributed by atoms with Gasteiger partial charge >= 0.3 is 18.1 Å². The number of benzene rings is 1. The predicted octanol–water partition coefficient (Wildman–Crippen LogP) is 2.77. The molecule has 0 radical (unpaired) electrons. The molecule has 0 aliphatic carbocycles. The molecule has 2 saturated heterocycles. The van der Waals surface area contributed by atoms with E-state index in [0.29, 0.717) is 19.5 Å². The van der Waals surface area contributed by atoms with E-state index in [1.165, 1.54) is 4.90 Å². The van der Waals surface area contributed by atoms with Crippen molar-refractivity contribution >= 4 is 18.1 Å². The Kier molecular flexibility index (Phi) is 6.53. The number of ether oxygens (including phenoxy) is 2. The molecular formula is C22H31N3O5. The summed E-state index contributed by atoms with van der Waals surface area (Å²) in [7, 11) is 1.58. The molecule has 0 spiro atoms. The predicted molar refractivity (Wildman–Crippen MR) is 111 cm³/mol. The van der Waals surface area contributed by atoms with Crippen molar-refractivity contribution in [2.45, 2.75) is 57.9 Å². The standard InChI is InChI=1S/C22H31N3O5/c1-22(2,3)30-21(28)25-17(19(26)29-14-15-8-6-5-7-9-15)12-16-10-11-24(13-18(16)25)20(27)23-4/h5-9,16-18H,10-14H2,1-4H3,(H,23,27). The van der Waals surface area contributed by atoms with E-state index in [1.54, 1.807) is 32.7 Å². The largest absolute Gasteiger partial charge is 0.459 e. The van der Waals surface area contributed by atoms with Gasteiger partial charge in [-0.05, 0) is 45.1 Å². The van der Waals surface area contributed by atoms with Gasteiger partial charge in [0, 0.05) is 20.1 Å². The third kappa shape index (κ3) is 5.04. The molecule has 2 aliphatic rings. The second-order valence-electron chi connectivity index (χ2n) is 8.85. The van der Waals surface area contributed by atoms with E-state index >= 15 is 0 Å². The minimum absolute atomic E-state index is 0.118. The fourth-order valence-electron chi connectivity index (χ4n) is 4.16. The zero-order chi connectivity index (χ0) is 21.9. The average Bonchev–Trinajstić information content (AvgIpc) is 3.10. The molecule has 164 valence electrons. The van der Waals surface area contributed by atoms with Gasteiger partial charge in [0.05, 0.1) is 6.04 Å². The average molecular weight is 418 g/mol. The number of nitrogens with one attached hydrogen (secondary N) is 1. The number of rotatable bonds is 3. The summed E-state index contributed by atoms with van der Waals surface area (Å²) >= 11 is 0. The van der Waals surface area contributed by atoms with E-state index in [0.717, 1.165) is 12.0 Å². The van der Waals surface area contributed by atoms with Crippen molar-refractivity contribution in [3.8, 4) is 0 Å². The molecule has 1 aromatic rings. The van der Waals surface area contributed by atoms with Gasteiger partial charge in [0.2, 0.25) is 0 Å². The number of fused-ring (bicyclic) bond motifs is 1. The normalized spacial score (nSPS) is 23.5. The summed E-state index contributed by atoms with van der Waals surface area (Å²) in [6, 6.07) is 8.25. The molecule has 2 heterocycles. The van der Waals surface area contributed by atoms with E-state index in [1.807, 2.05) is 30.3 Å². The highest BCUT2D eigenvalue weighted by Gasteiger charge is 2.51. The molecule has 0 aromatic heterocycles. The number of urea groups is 1. The van der Waals surface area contributed by atoms with Crippen molar-refractivity contribution < 1.29 is 23.9 Å². The van der Waals surface area contributed by atoms with Gasteiger partial charge in [0.25, 0.3) is 0 Å². The second kappa shape index (κ2) is 8.93. The number of nitrogens with zero attached hydrogens (tertiary/aromatic N) is 2. The highest BCUT2D eigenvalue weighted by Crippen LogP contribution is 2.37. The van der Waals surface area contributed by atoms with E-state index < -0.39 is 23.7 Å².